The van der Waals surface area contributed by atoms with Crippen molar-refractivity contribution in [1.29, 1.82) is 0 Å². The van der Waals surface area contributed by atoms with Crippen LogP contribution < -0.4 is 5.48 Å². The summed E-state index contributed by atoms with van der Waals surface area (Å²) >= 11 is 0. The van der Waals surface area contributed by atoms with Crippen LogP contribution in [-0.2, 0) is 4.99 Å². The molecule has 0 unspecified atom stereocenters. The quantitative estimate of drug-likeness (QED) is 0.382. The third kappa shape index (κ3) is 3.46. The summed E-state index contributed by atoms with van der Waals surface area (Å²) in [6.45, 7) is 5.01. The van der Waals surface area contributed by atoms with Gasteiger partial charge in [0.05, 0.1) is 0 Å². The van der Waals surface area contributed by atoms with E-state index in [4.69, 9.17) is 5.26 Å². The van der Waals surface area contributed by atoms with Crippen LogP contribution in [0.25, 0.3) is 0 Å². The summed E-state index contributed by atoms with van der Waals surface area (Å²) in [4.78, 5) is 3.45. The summed E-state index contributed by atoms with van der Waals surface area (Å²) in [5.41, 5.74) is 2.64. The molecule has 0 aromatic heterocycles. The van der Waals surface area contributed by atoms with Crippen LogP contribution in [0.3, 0.4) is 0 Å². The molecular formula is C3H7NO2. The molecule has 0 atom stereocenters. The van der Waals surface area contributed by atoms with Crippen LogP contribution >= 0.6 is 0 Å². The van der Waals surface area contributed by atoms with Crippen LogP contribution in [0.2, 0.25) is 0 Å². The minimum atomic E-state index is 0.567. The summed E-state index contributed by atoms with van der Waals surface area (Å²) in [6, 6.07) is 0. The molecule has 0 amide bonds. The van der Waals surface area contributed by atoms with Crippen LogP contribution in [0.4, 0.5) is 0 Å². The van der Waals surface area contributed by atoms with Crippen LogP contribution in [0, 0.1) is 0 Å². The highest BCUT2D eigenvalue weighted by atomic mass is 17.2. The van der Waals surface area contributed by atoms with Crippen LogP contribution in [0.1, 0.15) is 6.92 Å². The minimum absolute atomic E-state index is 0.567. The van der Waals surface area contributed by atoms with E-state index in [0.717, 1.165) is 0 Å². The van der Waals surface area contributed by atoms with Gasteiger partial charge in [0, 0.05) is 5.70 Å². The topological polar surface area (TPSA) is 41.5 Å². The molecule has 3 heteroatoms. The fourth-order valence-corrected chi connectivity index (χ4v) is 0.0779. The molecule has 0 aliphatic heterocycles. The highest BCUT2D eigenvalue weighted by Crippen LogP contribution is 1.72. The first-order valence-electron chi connectivity index (χ1n) is 1.49. The standard InChI is InChI=1S/C3H7NO2/c1-3(2)4-6-5/h4-5H,1H2,2H3. The summed E-state index contributed by atoms with van der Waals surface area (Å²) in [6.07, 6.45) is 0. The Kier molecular flexibility index (Phi) is 2.44. The summed E-state index contributed by atoms with van der Waals surface area (Å²) in [7, 11) is 0. The first-order valence-corrected chi connectivity index (χ1v) is 1.49. The molecule has 6 heavy (non-hydrogen) atoms. The fraction of sp³-hybridized carbons (Fsp3) is 0.333. The van der Waals surface area contributed by atoms with Crippen molar-refractivity contribution in [2.24, 2.45) is 0 Å². The van der Waals surface area contributed by atoms with Gasteiger partial charge in [-0.2, -0.15) is 0 Å². The zero-order valence-corrected chi connectivity index (χ0v) is 3.56. The van der Waals surface area contributed by atoms with Crippen molar-refractivity contribution in [1.82, 2.24) is 5.48 Å². The van der Waals surface area contributed by atoms with E-state index in [1.54, 1.807) is 6.92 Å². The normalized spacial score (nSPS) is 7.67. The molecule has 0 heterocycles. The van der Waals surface area contributed by atoms with Gasteiger partial charge in [0.1, 0.15) is 0 Å². The Balaban J connectivity index is 2.83. The van der Waals surface area contributed by atoms with E-state index in [1.165, 1.54) is 0 Å². The molecule has 0 rings (SSSR count). The molecule has 36 valence electrons. The van der Waals surface area contributed by atoms with E-state index in [1.807, 2.05) is 0 Å². The average molecular weight is 89.1 g/mol. The SMILES string of the molecule is C=C(C)NOO. The second-order valence-electron chi connectivity index (χ2n) is 0.974. The van der Waals surface area contributed by atoms with Gasteiger partial charge < -0.3 is 0 Å². The second kappa shape index (κ2) is 2.68. The van der Waals surface area contributed by atoms with E-state index in [9.17, 15) is 0 Å². The molecule has 0 aliphatic carbocycles. The predicted octanol–water partition coefficient (Wildman–Crippen LogP) is 0.514. The molecule has 0 bridgehead atoms. The van der Waals surface area contributed by atoms with Crippen molar-refractivity contribution in [2.45, 2.75) is 6.92 Å². The summed E-state index contributed by atoms with van der Waals surface area (Å²) < 4.78 is 0. The van der Waals surface area contributed by atoms with Gasteiger partial charge in [-0.05, 0) is 6.92 Å². The molecular weight excluding hydrogens is 82.0 g/mol. The monoisotopic (exact) mass is 89.0 g/mol. The molecule has 0 radical (unpaired) electrons. The smallest absolute Gasteiger partial charge is 0.0306 e. The molecule has 0 aliphatic rings. The maximum absolute atomic E-state index is 7.56. The van der Waals surface area contributed by atoms with Gasteiger partial charge >= 0.3 is 0 Å². The molecule has 0 aromatic rings. The van der Waals surface area contributed by atoms with Crippen LogP contribution in [0.15, 0.2) is 12.3 Å². The molecule has 3 nitrogen and oxygen atoms in total. The van der Waals surface area contributed by atoms with Crippen molar-refractivity contribution in [2.75, 3.05) is 0 Å². The van der Waals surface area contributed by atoms with Gasteiger partial charge in [-0.3, -0.25) is 0 Å². The van der Waals surface area contributed by atoms with E-state index < -0.39 is 0 Å². The maximum atomic E-state index is 7.56. The summed E-state index contributed by atoms with van der Waals surface area (Å²) in [5.74, 6) is 0. The van der Waals surface area contributed by atoms with Crippen molar-refractivity contribution >= 4 is 0 Å². The van der Waals surface area contributed by atoms with Crippen LogP contribution in [0.5, 0.6) is 0 Å². The van der Waals surface area contributed by atoms with Crippen molar-refractivity contribution in [3.05, 3.63) is 12.3 Å². The average Bonchev–Trinajstić information content (AvgIpc) is 1.35. The Labute approximate surface area is 36.1 Å². The van der Waals surface area contributed by atoms with Gasteiger partial charge in [0.25, 0.3) is 0 Å². The van der Waals surface area contributed by atoms with Gasteiger partial charge in [-0.1, -0.05) is 6.58 Å². The lowest BCUT2D eigenvalue weighted by molar-refractivity contribution is -0.282. The van der Waals surface area contributed by atoms with Gasteiger partial charge in [0.2, 0.25) is 0 Å². The number of allylic oxidation sites excluding steroid dienone is 1. The van der Waals surface area contributed by atoms with E-state index in [0.29, 0.717) is 5.70 Å². The largest absolute Gasteiger partial charge is 0.241 e. The van der Waals surface area contributed by atoms with Gasteiger partial charge in [-0.25, -0.2) is 10.7 Å². The Hall–Kier alpha value is -0.540. The third-order valence-corrected chi connectivity index (χ3v) is 0.220. The lowest BCUT2D eigenvalue weighted by Gasteiger charge is -1.92. The minimum Gasteiger partial charge on any atom is -0.241 e. The molecule has 2 N–H and O–H groups in total. The first kappa shape index (κ1) is 5.46. The van der Waals surface area contributed by atoms with Gasteiger partial charge in [-0.15, -0.1) is 4.99 Å². The first-order chi connectivity index (χ1) is 2.77. The van der Waals surface area contributed by atoms with Crippen LogP contribution in [-0.4, -0.2) is 5.26 Å². The lowest BCUT2D eigenvalue weighted by atomic mass is 10.6. The third-order valence-electron chi connectivity index (χ3n) is 0.220. The number of hydroxylamine groups is 1. The second-order valence-corrected chi connectivity index (χ2v) is 0.974. The fourth-order valence-electron chi connectivity index (χ4n) is 0.0779. The summed E-state index contributed by atoms with van der Waals surface area (Å²) in [5, 5.41) is 7.56. The molecule has 0 fully saturated rings. The number of nitrogens with one attached hydrogen (secondary N) is 1. The zero-order chi connectivity index (χ0) is 4.99. The highest BCUT2D eigenvalue weighted by Gasteiger charge is 1.72. The highest BCUT2D eigenvalue weighted by molar-refractivity contribution is 4.78. The molecule has 0 saturated carbocycles. The van der Waals surface area contributed by atoms with E-state index >= 15 is 0 Å². The zero-order valence-electron chi connectivity index (χ0n) is 3.56. The maximum Gasteiger partial charge on any atom is 0.0306 e. The van der Waals surface area contributed by atoms with Crippen molar-refractivity contribution in [3.8, 4) is 0 Å². The lowest BCUT2D eigenvalue weighted by Crippen LogP contribution is -2.06. The number of hydrogen-bond donors (Lipinski definition) is 2. The van der Waals surface area contributed by atoms with E-state index in [-0.39, 0.29) is 0 Å². The Morgan fingerprint density at radius 2 is 2.50 bits per heavy atom. The number of rotatable bonds is 2. The predicted molar refractivity (Wildman–Crippen MR) is 21.7 cm³/mol. The Bertz CT molecular complexity index is 52.8. The number of hydrogen-bond acceptors (Lipinski definition) is 3. The Morgan fingerprint density at radius 3 is 2.50 bits per heavy atom. The molecule has 0 saturated heterocycles. The van der Waals surface area contributed by atoms with Crippen molar-refractivity contribution in [3.63, 3.8) is 0 Å². The molecule has 0 spiro atoms. The van der Waals surface area contributed by atoms with Crippen molar-refractivity contribution < 1.29 is 10.2 Å². The van der Waals surface area contributed by atoms with E-state index in [2.05, 4.69) is 17.0 Å². The van der Waals surface area contributed by atoms with Gasteiger partial charge in [0.15, 0.2) is 0 Å². The Morgan fingerprint density at radius 1 is 2.00 bits per heavy atom. The molecule has 0 aromatic carbocycles.